The monoisotopic (exact) mass is 281 g/mol. The minimum atomic E-state index is 0.111. The zero-order valence-electron chi connectivity index (χ0n) is 11.0. The molecule has 0 spiro atoms. The molecule has 0 saturated carbocycles. The molecule has 0 radical (unpaired) electrons. The standard InChI is InChI=1S/C17H15NOS/c19-17-18(12-15-9-5-2-6-10-15)13-16(20-17)11-14-7-3-1-4-8-14/h1-10,13H,11-12H2. The molecule has 0 aliphatic carbocycles. The molecule has 0 bridgehead atoms. The van der Waals surface area contributed by atoms with Crippen molar-refractivity contribution in [2.75, 3.05) is 0 Å². The van der Waals surface area contributed by atoms with Gasteiger partial charge in [0.1, 0.15) is 0 Å². The largest absolute Gasteiger partial charge is 0.307 e. The first kappa shape index (κ1) is 12.9. The van der Waals surface area contributed by atoms with Crippen molar-refractivity contribution in [2.45, 2.75) is 13.0 Å². The number of thiazole rings is 1. The van der Waals surface area contributed by atoms with Gasteiger partial charge in [-0.25, -0.2) is 0 Å². The normalized spacial score (nSPS) is 10.6. The Balaban J connectivity index is 1.79. The fourth-order valence-corrected chi connectivity index (χ4v) is 3.07. The molecule has 0 aliphatic rings. The van der Waals surface area contributed by atoms with E-state index in [0.29, 0.717) is 6.54 Å². The van der Waals surface area contributed by atoms with E-state index < -0.39 is 0 Å². The fourth-order valence-electron chi connectivity index (χ4n) is 2.19. The summed E-state index contributed by atoms with van der Waals surface area (Å²) in [4.78, 5) is 13.2. The molecule has 2 aromatic carbocycles. The topological polar surface area (TPSA) is 22.0 Å². The predicted octanol–water partition coefficient (Wildman–Crippen LogP) is 3.55. The van der Waals surface area contributed by atoms with E-state index in [2.05, 4.69) is 12.1 Å². The summed E-state index contributed by atoms with van der Waals surface area (Å²) in [5, 5.41) is 0. The van der Waals surface area contributed by atoms with Gasteiger partial charge >= 0.3 is 4.87 Å². The number of hydrogen-bond donors (Lipinski definition) is 0. The number of benzene rings is 2. The lowest BCUT2D eigenvalue weighted by molar-refractivity contribution is 0.780. The van der Waals surface area contributed by atoms with Gasteiger partial charge in [-0.1, -0.05) is 72.0 Å². The second-order valence-electron chi connectivity index (χ2n) is 4.74. The van der Waals surface area contributed by atoms with Crippen LogP contribution in [0.25, 0.3) is 0 Å². The van der Waals surface area contributed by atoms with E-state index in [4.69, 9.17) is 0 Å². The molecule has 0 aliphatic heterocycles. The van der Waals surface area contributed by atoms with Crippen LogP contribution >= 0.6 is 11.3 Å². The molecule has 0 unspecified atom stereocenters. The highest BCUT2D eigenvalue weighted by molar-refractivity contribution is 7.09. The highest BCUT2D eigenvalue weighted by atomic mass is 32.1. The lowest BCUT2D eigenvalue weighted by atomic mass is 10.1. The van der Waals surface area contributed by atoms with Crippen molar-refractivity contribution in [3.8, 4) is 0 Å². The molecule has 1 aromatic heterocycles. The Morgan fingerprint density at radius 3 is 2.10 bits per heavy atom. The van der Waals surface area contributed by atoms with Crippen molar-refractivity contribution < 1.29 is 0 Å². The first-order chi connectivity index (χ1) is 9.81. The van der Waals surface area contributed by atoms with Crippen molar-refractivity contribution >= 4 is 11.3 Å². The molecule has 20 heavy (non-hydrogen) atoms. The molecule has 0 amide bonds. The van der Waals surface area contributed by atoms with Gasteiger partial charge in [0.05, 0.1) is 6.54 Å². The maximum atomic E-state index is 12.0. The molecular formula is C17H15NOS. The first-order valence-electron chi connectivity index (χ1n) is 6.58. The van der Waals surface area contributed by atoms with Crippen molar-refractivity contribution in [1.29, 1.82) is 0 Å². The van der Waals surface area contributed by atoms with Gasteiger partial charge in [0.15, 0.2) is 0 Å². The average Bonchev–Trinajstić information content (AvgIpc) is 2.81. The summed E-state index contributed by atoms with van der Waals surface area (Å²) >= 11 is 1.34. The number of aromatic nitrogens is 1. The third-order valence-corrected chi connectivity index (χ3v) is 4.09. The minimum Gasteiger partial charge on any atom is -0.301 e. The van der Waals surface area contributed by atoms with Crippen LogP contribution in [0.4, 0.5) is 0 Å². The predicted molar refractivity (Wildman–Crippen MR) is 83.4 cm³/mol. The molecule has 1 heterocycles. The smallest absolute Gasteiger partial charge is 0.301 e. The number of rotatable bonds is 4. The summed E-state index contributed by atoms with van der Waals surface area (Å²) in [5.74, 6) is 0. The van der Waals surface area contributed by atoms with Crippen LogP contribution in [0.3, 0.4) is 0 Å². The van der Waals surface area contributed by atoms with Crippen LogP contribution in [-0.4, -0.2) is 4.57 Å². The van der Waals surface area contributed by atoms with Gasteiger partial charge in [-0.2, -0.15) is 0 Å². The molecular weight excluding hydrogens is 266 g/mol. The molecule has 0 N–H and O–H groups in total. The van der Waals surface area contributed by atoms with E-state index in [1.54, 1.807) is 4.57 Å². The van der Waals surface area contributed by atoms with Crippen molar-refractivity contribution in [1.82, 2.24) is 4.57 Å². The number of hydrogen-bond acceptors (Lipinski definition) is 2. The van der Waals surface area contributed by atoms with Crippen molar-refractivity contribution in [3.63, 3.8) is 0 Å². The highest BCUT2D eigenvalue weighted by Gasteiger charge is 2.05. The summed E-state index contributed by atoms with van der Waals surface area (Å²) in [5.41, 5.74) is 2.39. The Kier molecular flexibility index (Phi) is 3.79. The van der Waals surface area contributed by atoms with Gasteiger partial charge < -0.3 is 4.57 Å². The molecule has 3 aromatic rings. The van der Waals surface area contributed by atoms with Crippen molar-refractivity contribution in [3.05, 3.63) is 92.5 Å². The fraction of sp³-hybridized carbons (Fsp3) is 0.118. The van der Waals surface area contributed by atoms with Gasteiger partial charge in [-0.15, -0.1) is 0 Å². The van der Waals surface area contributed by atoms with E-state index in [0.717, 1.165) is 16.9 Å². The van der Waals surface area contributed by atoms with E-state index >= 15 is 0 Å². The van der Waals surface area contributed by atoms with Crippen molar-refractivity contribution in [2.24, 2.45) is 0 Å². The summed E-state index contributed by atoms with van der Waals surface area (Å²) in [6.07, 6.45) is 2.80. The van der Waals surface area contributed by atoms with E-state index in [1.807, 2.05) is 54.7 Å². The highest BCUT2D eigenvalue weighted by Crippen LogP contribution is 2.12. The molecule has 3 heteroatoms. The molecule has 0 atom stereocenters. The molecule has 0 fully saturated rings. The Bertz CT molecular complexity index is 728. The second-order valence-corrected chi connectivity index (χ2v) is 5.82. The Labute approximate surface area is 122 Å². The first-order valence-corrected chi connectivity index (χ1v) is 7.40. The van der Waals surface area contributed by atoms with Gasteiger partial charge in [-0.05, 0) is 11.1 Å². The van der Waals surface area contributed by atoms with Crippen LogP contribution in [0, 0.1) is 0 Å². The third-order valence-electron chi connectivity index (χ3n) is 3.17. The van der Waals surface area contributed by atoms with Crippen LogP contribution in [0.2, 0.25) is 0 Å². The zero-order chi connectivity index (χ0) is 13.8. The Morgan fingerprint density at radius 2 is 1.45 bits per heavy atom. The summed E-state index contributed by atoms with van der Waals surface area (Å²) < 4.78 is 1.79. The van der Waals surface area contributed by atoms with Gasteiger partial charge in [-0.3, -0.25) is 4.79 Å². The van der Waals surface area contributed by atoms with Crippen LogP contribution in [0.5, 0.6) is 0 Å². The quantitative estimate of drug-likeness (QED) is 0.717. The maximum absolute atomic E-state index is 12.0. The lowest BCUT2D eigenvalue weighted by Crippen LogP contribution is -2.12. The maximum Gasteiger partial charge on any atom is 0.307 e. The average molecular weight is 281 g/mol. The Hall–Kier alpha value is -2.13. The lowest BCUT2D eigenvalue weighted by Gasteiger charge is -2.01. The zero-order valence-corrected chi connectivity index (χ0v) is 11.8. The van der Waals surface area contributed by atoms with Gasteiger partial charge in [0.2, 0.25) is 0 Å². The van der Waals surface area contributed by atoms with Crippen LogP contribution in [0.1, 0.15) is 16.0 Å². The van der Waals surface area contributed by atoms with Crippen LogP contribution in [-0.2, 0) is 13.0 Å². The van der Waals surface area contributed by atoms with Gasteiger partial charge in [0, 0.05) is 17.5 Å². The van der Waals surface area contributed by atoms with E-state index in [1.165, 1.54) is 16.9 Å². The third kappa shape index (κ3) is 3.06. The summed E-state index contributed by atoms with van der Waals surface area (Å²) in [6, 6.07) is 20.3. The minimum absolute atomic E-state index is 0.111. The summed E-state index contributed by atoms with van der Waals surface area (Å²) in [6.45, 7) is 0.644. The summed E-state index contributed by atoms with van der Waals surface area (Å²) in [7, 11) is 0. The van der Waals surface area contributed by atoms with E-state index in [9.17, 15) is 4.79 Å². The molecule has 2 nitrogen and oxygen atoms in total. The SMILES string of the molecule is O=c1sc(Cc2ccccc2)cn1Cc1ccccc1. The molecule has 100 valence electrons. The van der Waals surface area contributed by atoms with Crippen LogP contribution < -0.4 is 4.87 Å². The molecule has 3 rings (SSSR count). The van der Waals surface area contributed by atoms with Crippen LogP contribution in [0.15, 0.2) is 71.7 Å². The second kappa shape index (κ2) is 5.88. The van der Waals surface area contributed by atoms with E-state index in [-0.39, 0.29) is 4.87 Å². The molecule has 0 saturated heterocycles. The Morgan fingerprint density at radius 1 is 0.850 bits per heavy atom. The number of nitrogens with zero attached hydrogens (tertiary/aromatic N) is 1. The van der Waals surface area contributed by atoms with Gasteiger partial charge in [0.25, 0.3) is 0 Å².